The fourth-order valence-electron chi connectivity index (χ4n) is 3.10. The molecule has 0 spiro atoms. The Kier molecular flexibility index (Phi) is 5.50. The van der Waals surface area contributed by atoms with E-state index in [1.165, 1.54) is 10.7 Å². The molecule has 2 aromatic carbocycles. The van der Waals surface area contributed by atoms with Gasteiger partial charge in [-0.15, -0.1) is 5.10 Å². The molecule has 1 amide bonds. The van der Waals surface area contributed by atoms with Gasteiger partial charge in [0.15, 0.2) is 11.3 Å². The Hall–Kier alpha value is -4.71. The largest absolute Gasteiger partial charge is 0.476 e. The van der Waals surface area contributed by atoms with Crippen molar-refractivity contribution in [3.05, 3.63) is 83.7 Å². The summed E-state index contributed by atoms with van der Waals surface area (Å²) < 4.78 is 7.09. The number of amides is 1. The van der Waals surface area contributed by atoms with Gasteiger partial charge in [-0.1, -0.05) is 18.2 Å². The fraction of sp³-hybridized carbons (Fsp3) is 0.125. The number of carbonyl (C=O) groups excluding carboxylic acids is 1. The lowest BCUT2D eigenvalue weighted by Gasteiger charge is -2.16. The van der Waals surface area contributed by atoms with Crippen LogP contribution in [0.5, 0.6) is 11.6 Å². The minimum absolute atomic E-state index is 0.119. The van der Waals surface area contributed by atoms with E-state index in [1.54, 1.807) is 68.4 Å². The minimum Gasteiger partial charge on any atom is -0.476 e. The quantitative estimate of drug-likeness (QED) is 0.457. The summed E-state index contributed by atoms with van der Waals surface area (Å²) >= 11 is 0. The molecule has 0 bridgehead atoms. The van der Waals surface area contributed by atoms with E-state index < -0.39 is 11.4 Å². The maximum atomic E-state index is 12.7. The van der Waals surface area contributed by atoms with Crippen LogP contribution in [0.25, 0.3) is 5.65 Å². The van der Waals surface area contributed by atoms with Crippen molar-refractivity contribution in [2.75, 3.05) is 5.32 Å². The zero-order valence-corrected chi connectivity index (χ0v) is 17.8. The van der Waals surface area contributed by atoms with E-state index in [0.717, 1.165) is 5.56 Å². The summed E-state index contributed by atoms with van der Waals surface area (Å²) in [5.41, 5.74) is 1.25. The van der Waals surface area contributed by atoms with Gasteiger partial charge in [0.2, 0.25) is 5.88 Å². The van der Waals surface area contributed by atoms with Crippen LogP contribution in [-0.2, 0) is 5.41 Å². The molecule has 0 fully saturated rings. The summed E-state index contributed by atoms with van der Waals surface area (Å²) in [6, 6.07) is 19.1. The van der Waals surface area contributed by atoms with Crippen LogP contribution in [0, 0.1) is 11.3 Å². The number of hydrogen-bond donors (Lipinski definition) is 2. The topological polar surface area (TPSA) is 130 Å². The van der Waals surface area contributed by atoms with Crippen molar-refractivity contribution in [2.24, 2.45) is 0 Å². The lowest BCUT2D eigenvalue weighted by Crippen LogP contribution is -2.17. The lowest BCUT2D eigenvalue weighted by atomic mass is 9.85. The third kappa shape index (κ3) is 4.65. The summed E-state index contributed by atoms with van der Waals surface area (Å²) in [6.07, 6.45) is 1.29. The molecule has 0 unspecified atom stereocenters. The Bertz CT molecular complexity index is 1420. The predicted octanol–water partition coefficient (Wildman–Crippen LogP) is 4.27. The van der Waals surface area contributed by atoms with Crippen LogP contribution in [0.15, 0.2) is 66.9 Å². The number of nitrogens with zero attached hydrogens (tertiary/aromatic N) is 4. The number of aromatic nitrogens is 3. The van der Waals surface area contributed by atoms with E-state index in [9.17, 15) is 14.9 Å². The molecule has 4 aromatic rings. The molecule has 9 heteroatoms. The molecule has 164 valence electrons. The highest BCUT2D eigenvalue weighted by molar-refractivity contribution is 6.04. The van der Waals surface area contributed by atoms with Gasteiger partial charge in [-0.05, 0) is 49.7 Å². The Morgan fingerprint density at radius 2 is 1.91 bits per heavy atom. The van der Waals surface area contributed by atoms with Crippen LogP contribution in [0.1, 0.15) is 40.3 Å². The van der Waals surface area contributed by atoms with Gasteiger partial charge in [-0.3, -0.25) is 4.79 Å². The van der Waals surface area contributed by atoms with Crippen LogP contribution < -0.4 is 10.1 Å². The van der Waals surface area contributed by atoms with Crippen molar-refractivity contribution >= 4 is 23.2 Å². The summed E-state index contributed by atoms with van der Waals surface area (Å²) in [5.74, 6) is -0.806. The first kappa shape index (κ1) is 21.5. The summed E-state index contributed by atoms with van der Waals surface area (Å²) in [4.78, 5) is 27.8. The van der Waals surface area contributed by atoms with Crippen molar-refractivity contribution in [1.29, 1.82) is 5.26 Å². The minimum atomic E-state index is -1.15. The number of imidazole rings is 1. The number of ether oxygens (including phenoxy) is 1. The molecule has 0 saturated heterocycles. The van der Waals surface area contributed by atoms with Gasteiger partial charge >= 0.3 is 5.97 Å². The summed E-state index contributed by atoms with van der Waals surface area (Å²) in [6.45, 7) is 3.59. The molecule has 9 nitrogen and oxygen atoms in total. The highest BCUT2D eigenvalue weighted by Crippen LogP contribution is 2.25. The van der Waals surface area contributed by atoms with Crippen molar-refractivity contribution in [3.63, 3.8) is 0 Å². The van der Waals surface area contributed by atoms with Gasteiger partial charge < -0.3 is 15.2 Å². The highest BCUT2D eigenvalue weighted by Gasteiger charge is 2.21. The van der Waals surface area contributed by atoms with E-state index >= 15 is 0 Å². The third-order valence-electron chi connectivity index (χ3n) is 4.95. The first-order chi connectivity index (χ1) is 15.7. The number of aromatic carboxylic acids is 1. The van der Waals surface area contributed by atoms with Gasteiger partial charge in [-0.25, -0.2) is 14.3 Å². The molecule has 0 saturated carbocycles. The zero-order valence-electron chi connectivity index (χ0n) is 17.8. The summed E-state index contributed by atoms with van der Waals surface area (Å²) in [7, 11) is 0. The van der Waals surface area contributed by atoms with E-state index in [-0.39, 0.29) is 17.5 Å². The second-order valence-corrected chi connectivity index (χ2v) is 7.81. The number of hydrogen-bond acceptors (Lipinski definition) is 6. The monoisotopic (exact) mass is 441 g/mol. The highest BCUT2D eigenvalue weighted by atomic mass is 16.5. The van der Waals surface area contributed by atoms with E-state index in [0.29, 0.717) is 22.6 Å². The van der Waals surface area contributed by atoms with Gasteiger partial charge in [-0.2, -0.15) is 5.26 Å². The third-order valence-corrected chi connectivity index (χ3v) is 4.95. The number of rotatable bonds is 6. The predicted molar refractivity (Wildman–Crippen MR) is 119 cm³/mol. The number of fused-ring (bicyclic) bond motifs is 1. The molecule has 4 rings (SSSR count). The number of carboxylic acid groups (broad SMARTS) is 1. The van der Waals surface area contributed by atoms with Crippen LogP contribution in [0.4, 0.5) is 5.69 Å². The smallest absolute Gasteiger partial charge is 0.356 e. The van der Waals surface area contributed by atoms with E-state index in [4.69, 9.17) is 9.84 Å². The number of carbonyl (C=O) groups is 2. The van der Waals surface area contributed by atoms with Crippen LogP contribution in [-0.4, -0.2) is 31.6 Å². The number of nitriles is 1. The van der Waals surface area contributed by atoms with Crippen molar-refractivity contribution in [1.82, 2.24) is 14.6 Å². The van der Waals surface area contributed by atoms with Crippen LogP contribution >= 0.6 is 0 Å². The molecule has 2 aromatic heterocycles. The fourth-order valence-corrected chi connectivity index (χ4v) is 3.10. The van der Waals surface area contributed by atoms with Crippen molar-refractivity contribution < 1.29 is 19.4 Å². The van der Waals surface area contributed by atoms with Crippen LogP contribution in [0.2, 0.25) is 0 Å². The van der Waals surface area contributed by atoms with Crippen molar-refractivity contribution in [2.45, 2.75) is 19.3 Å². The lowest BCUT2D eigenvalue weighted by molar-refractivity contribution is 0.0691. The number of benzene rings is 2. The molecule has 2 N–H and O–H groups in total. The Morgan fingerprint density at radius 1 is 1.12 bits per heavy atom. The molecule has 2 heterocycles. The van der Waals surface area contributed by atoms with Gasteiger partial charge in [0.1, 0.15) is 5.75 Å². The number of nitrogens with one attached hydrogen (secondary N) is 1. The maximum absolute atomic E-state index is 12.7. The normalized spacial score (nSPS) is 11.1. The molecule has 0 aliphatic heterocycles. The van der Waals surface area contributed by atoms with E-state index in [2.05, 4.69) is 21.5 Å². The second-order valence-electron chi connectivity index (χ2n) is 7.81. The molecule has 0 radical (unpaired) electrons. The Balaban J connectivity index is 1.51. The molecule has 33 heavy (non-hydrogen) atoms. The standard InChI is InChI=1S/C24H19N5O4/c1-24(2,14-25)16-6-3-5-15(11-16)22(30)26-17-7-4-8-18(12-17)33-21-10-9-20-27-19(23(31)32)13-29(20)28-21/h3-13H,1-2H3,(H,26,30)(H,31,32). The van der Waals surface area contributed by atoms with Crippen molar-refractivity contribution in [3.8, 4) is 17.7 Å². The molecular weight excluding hydrogens is 422 g/mol. The van der Waals surface area contributed by atoms with Gasteiger partial charge in [0.05, 0.1) is 17.7 Å². The average Bonchev–Trinajstić information content (AvgIpc) is 3.23. The van der Waals surface area contributed by atoms with Gasteiger partial charge in [0, 0.05) is 23.4 Å². The maximum Gasteiger partial charge on any atom is 0.356 e. The first-order valence-electron chi connectivity index (χ1n) is 9.96. The Morgan fingerprint density at radius 3 is 2.67 bits per heavy atom. The molecule has 0 aliphatic carbocycles. The van der Waals surface area contributed by atoms with Crippen LogP contribution in [0.3, 0.4) is 0 Å². The SMILES string of the molecule is CC(C)(C#N)c1cccc(C(=O)Nc2cccc(Oc3ccc4nc(C(=O)O)cn4n3)c2)c1. The summed E-state index contributed by atoms with van der Waals surface area (Å²) in [5, 5.41) is 25.4. The molecular formula is C24H19N5O4. The number of anilines is 1. The second kappa shape index (κ2) is 8.43. The zero-order chi connectivity index (χ0) is 23.6. The Labute approximate surface area is 188 Å². The van der Waals surface area contributed by atoms with E-state index in [1.807, 2.05) is 6.07 Å². The number of carboxylic acids is 1. The van der Waals surface area contributed by atoms with Gasteiger partial charge in [0.25, 0.3) is 5.91 Å². The molecule has 0 aliphatic rings. The first-order valence-corrected chi connectivity index (χ1v) is 9.96. The average molecular weight is 441 g/mol. The molecule has 0 atom stereocenters.